The summed E-state index contributed by atoms with van der Waals surface area (Å²) in [6.45, 7) is 0.602. The van der Waals surface area contributed by atoms with E-state index in [4.69, 9.17) is 0 Å². The van der Waals surface area contributed by atoms with Crippen molar-refractivity contribution in [3.05, 3.63) is 101 Å². The van der Waals surface area contributed by atoms with Crippen LogP contribution in [-0.2, 0) is 9.59 Å². The van der Waals surface area contributed by atoms with Crippen LogP contribution in [0, 0.1) is 5.92 Å². The van der Waals surface area contributed by atoms with E-state index in [1.807, 2.05) is 0 Å². The molecule has 4 aliphatic rings. The predicted octanol–water partition coefficient (Wildman–Crippen LogP) is 3.87. The number of nitrogens with zero attached hydrogens (tertiary/aromatic N) is 1. The quantitative estimate of drug-likeness (QED) is 0.632. The molecule has 2 bridgehead atoms. The first-order valence-electron chi connectivity index (χ1n) is 11.8. The topological polar surface area (TPSA) is 78.5 Å². The monoisotopic (exact) mass is 451 g/mol. The molecule has 3 amide bonds. The van der Waals surface area contributed by atoms with Gasteiger partial charge >= 0.3 is 0 Å². The number of carbonyl (C=O) groups is 3. The molecule has 2 N–H and O–H groups in total. The zero-order chi connectivity index (χ0) is 23.2. The van der Waals surface area contributed by atoms with E-state index in [-0.39, 0.29) is 36.5 Å². The molecule has 6 heteroatoms. The fourth-order valence-corrected chi connectivity index (χ4v) is 5.83. The number of fused-ring (bicyclic) bond motifs is 1. The summed E-state index contributed by atoms with van der Waals surface area (Å²) < 4.78 is 0. The third-order valence-electron chi connectivity index (χ3n) is 7.39. The van der Waals surface area contributed by atoms with E-state index in [2.05, 4.69) is 59.3 Å². The fourth-order valence-electron chi connectivity index (χ4n) is 5.83. The molecule has 1 unspecified atom stereocenters. The number of amides is 3. The maximum Gasteiger partial charge on any atom is 0.251 e. The number of benzene rings is 3. The zero-order valence-electron chi connectivity index (χ0n) is 18.7. The van der Waals surface area contributed by atoms with Crippen molar-refractivity contribution in [1.29, 1.82) is 0 Å². The van der Waals surface area contributed by atoms with Crippen LogP contribution in [0.15, 0.2) is 72.8 Å². The zero-order valence-corrected chi connectivity index (χ0v) is 18.7. The van der Waals surface area contributed by atoms with Gasteiger partial charge in [0.1, 0.15) is 0 Å². The first kappa shape index (κ1) is 20.7. The van der Waals surface area contributed by atoms with Crippen molar-refractivity contribution in [2.24, 2.45) is 5.92 Å². The molecule has 1 aliphatic heterocycles. The number of hydrogen-bond acceptors (Lipinski definition) is 3. The van der Waals surface area contributed by atoms with Crippen molar-refractivity contribution >= 4 is 23.4 Å². The lowest BCUT2D eigenvalue weighted by atomic mass is 9.59. The second-order valence-corrected chi connectivity index (χ2v) is 9.30. The van der Waals surface area contributed by atoms with Gasteiger partial charge in [-0.1, -0.05) is 48.5 Å². The van der Waals surface area contributed by atoms with E-state index in [9.17, 15) is 14.4 Å². The summed E-state index contributed by atoms with van der Waals surface area (Å²) in [5.74, 6) is 0.503. The number of rotatable bonds is 4. The molecule has 6 nitrogen and oxygen atoms in total. The molecule has 170 valence electrons. The largest absolute Gasteiger partial charge is 0.352 e. The van der Waals surface area contributed by atoms with Crippen molar-refractivity contribution < 1.29 is 14.4 Å². The highest BCUT2D eigenvalue weighted by atomic mass is 16.2. The van der Waals surface area contributed by atoms with Crippen LogP contribution in [0.4, 0.5) is 5.69 Å². The highest BCUT2D eigenvalue weighted by molar-refractivity contribution is 6.01. The van der Waals surface area contributed by atoms with Crippen LogP contribution in [-0.4, -0.2) is 24.3 Å². The maximum atomic E-state index is 12.9. The molecule has 1 fully saturated rings. The fraction of sp³-hybridized carbons (Fsp3) is 0.250. The average Bonchev–Trinajstić information content (AvgIpc) is 2.89. The highest BCUT2D eigenvalue weighted by Crippen LogP contribution is 2.55. The normalized spacial score (nSPS) is 22.6. The average molecular weight is 452 g/mol. The van der Waals surface area contributed by atoms with Crippen LogP contribution in [0.5, 0.6) is 0 Å². The Morgan fingerprint density at radius 3 is 2.12 bits per heavy atom. The van der Waals surface area contributed by atoms with Gasteiger partial charge in [0.25, 0.3) is 5.91 Å². The standard InChI is InChI=1S/C28H25N3O3/c32-25-13-14-26(33)31(30-25)19-11-9-17(10-12-19)28(34)29-16-18-15-24-20-5-1-3-7-22(20)27(18)23-8-4-2-6-21(23)24/h1-12,18,24,27H,13-16H2,(H,29,34)(H,30,32). The summed E-state index contributed by atoms with van der Waals surface area (Å²) in [7, 11) is 0. The molecule has 0 saturated carbocycles. The number of hydrogen-bond donors (Lipinski definition) is 2. The summed E-state index contributed by atoms with van der Waals surface area (Å²) in [6.07, 6.45) is 1.41. The van der Waals surface area contributed by atoms with E-state index >= 15 is 0 Å². The lowest BCUT2D eigenvalue weighted by Crippen LogP contribution is -2.50. The number of carbonyl (C=O) groups excluding carboxylic acids is 3. The van der Waals surface area contributed by atoms with E-state index in [1.165, 1.54) is 27.3 Å². The van der Waals surface area contributed by atoms with E-state index < -0.39 is 0 Å². The lowest BCUT2D eigenvalue weighted by Gasteiger charge is -2.45. The Kier molecular flexibility index (Phi) is 4.94. The Morgan fingerprint density at radius 2 is 1.47 bits per heavy atom. The van der Waals surface area contributed by atoms with Crippen molar-refractivity contribution in [1.82, 2.24) is 10.7 Å². The lowest BCUT2D eigenvalue weighted by molar-refractivity contribution is -0.130. The van der Waals surface area contributed by atoms with Gasteiger partial charge in [-0.15, -0.1) is 0 Å². The van der Waals surface area contributed by atoms with Crippen molar-refractivity contribution in [3.63, 3.8) is 0 Å². The summed E-state index contributed by atoms with van der Waals surface area (Å²) in [5.41, 5.74) is 9.26. The second kappa shape index (κ2) is 8.13. The minimum atomic E-state index is -0.189. The van der Waals surface area contributed by atoms with E-state index in [1.54, 1.807) is 24.3 Å². The van der Waals surface area contributed by atoms with Gasteiger partial charge in [0, 0.05) is 36.8 Å². The van der Waals surface area contributed by atoms with Gasteiger partial charge in [-0.25, -0.2) is 5.01 Å². The molecule has 3 aliphatic carbocycles. The molecule has 0 radical (unpaired) electrons. The smallest absolute Gasteiger partial charge is 0.251 e. The summed E-state index contributed by atoms with van der Waals surface area (Å²) in [6, 6.07) is 24.2. The highest BCUT2D eigenvalue weighted by Gasteiger charge is 2.42. The van der Waals surface area contributed by atoms with Gasteiger partial charge in [0.2, 0.25) is 11.8 Å². The number of hydrazine groups is 1. The van der Waals surface area contributed by atoms with Crippen LogP contribution in [0.1, 0.15) is 63.7 Å². The van der Waals surface area contributed by atoms with Crippen LogP contribution in [0.3, 0.4) is 0 Å². The number of anilines is 1. The summed E-state index contributed by atoms with van der Waals surface area (Å²) in [4.78, 5) is 36.7. The first-order valence-corrected chi connectivity index (χ1v) is 11.8. The van der Waals surface area contributed by atoms with E-state index in [0.717, 1.165) is 6.42 Å². The first-order chi connectivity index (χ1) is 16.6. The van der Waals surface area contributed by atoms with Crippen LogP contribution < -0.4 is 15.8 Å². The summed E-state index contributed by atoms with van der Waals surface area (Å²) in [5, 5.41) is 4.39. The molecular formula is C28H25N3O3. The molecule has 1 atom stereocenters. The van der Waals surface area contributed by atoms with E-state index in [0.29, 0.717) is 29.6 Å². The number of nitrogens with one attached hydrogen (secondary N) is 2. The minimum Gasteiger partial charge on any atom is -0.352 e. The van der Waals surface area contributed by atoms with Gasteiger partial charge in [-0.3, -0.25) is 19.8 Å². The SMILES string of the molecule is O=C1CCC(=O)N(c2ccc(C(=O)NCC3CC4c5ccccc5C3c3ccccc34)cc2)N1. The Balaban J connectivity index is 1.18. The van der Waals surface area contributed by atoms with Crippen LogP contribution >= 0.6 is 0 Å². The van der Waals surface area contributed by atoms with Crippen LogP contribution in [0.2, 0.25) is 0 Å². The molecule has 0 spiro atoms. The van der Waals surface area contributed by atoms with Crippen molar-refractivity contribution in [3.8, 4) is 0 Å². The third-order valence-corrected chi connectivity index (χ3v) is 7.39. The molecule has 3 aromatic rings. The molecule has 3 aromatic carbocycles. The Hall–Kier alpha value is -3.93. The molecule has 7 rings (SSSR count). The van der Waals surface area contributed by atoms with Gasteiger partial charge in [-0.2, -0.15) is 0 Å². The van der Waals surface area contributed by atoms with Crippen molar-refractivity contribution in [2.45, 2.75) is 31.1 Å². The molecular weight excluding hydrogens is 426 g/mol. The molecule has 0 aromatic heterocycles. The Labute approximate surface area is 197 Å². The van der Waals surface area contributed by atoms with Gasteiger partial charge in [-0.05, 0) is 58.9 Å². The van der Waals surface area contributed by atoms with Crippen LogP contribution in [0.25, 0.3) is 0 Å². The van der Waals surface area contributed by atoms with Gasteiger partial charge in [0.05, 0.1) is 5.69 Å². The molecule has 34 heavy (non-hydrogen) atoms. The Bertz CT molecular complexity index is 1250. The second-order valence-electron chi connectivity index (χ2n) is 9.30. The minimum absolute atomic E-state index is 0.136. The van der Waals surface area contributed by atoms with Crippen molar-refractivity contribution in [2.75, 3.05) is 11.6 Å². The van der Waals surface area contributed by atoms with Gasteiger partial charge < -0.3 is 5.32 Å². The molecule has 1 heterocycles. The predicted molar refractivity (Wildman–Crippen MR) is 128 cm³/mol. The maximum absolute atomic E-state index is 12.9. The van der Waals surface area contributed by atoms with Gasteiger partial charge in [0.15, 0.2) is 0 Å². The third kappa shape index (κ3) is 3.37. The Morgan fingerprint density at radius 1 is 0.853 bits per heavy atom. The summed E-state index contributed by atoms with van der Waals surface area (Å²) >= 11 is 0. The molecule has 1 saturated heterocycles.